The van der Waals surface area contributed by atoms with E-state index in [1.807, 2.05) is 6.07 Å². The van der Waals surface area contributed by atoms with Crippen molar-refractivity contribution >= 4 is 17.5 Å². The number of carbonyl (C=O) groups is 2. The summed E-state index contributed by atoms with van der Waals surface area (Å²) in [5.41, 5.74) is -0.408. The summed E-state index contributed by atoms with van der Waals surface area (Å²) in [6.07, 6.45) is 1.21. The number of amides is 2. The van der Waals surface area contributed by atoms with Crippen molar-refractivity contribution in [2.75, 3.05) is 31.5 Å². The van der Waals surface area contributed by atoms with Gasteiger partial charge in [-0.3, -0.25) is 14.5 Å². The number of nitriles is 1. The second kappa shape index (κ2) is 8.97. The number of rotatable bonds is 4. The normalized spacial score (nSPS) is 14.5. The molecule has 1 N–H and O–H groups in total. The van der Waals surface area contributed by atoms with Gasteiger partial charge in [0.15, 0.2) is 0 Å². The number of nitrogens with zero attached hydrogens (tertiary/aromatic N) is 4. The fourth-order valence-corrected chi connectivity index (χ4v) is 3.20. The van der Waals surface area contributed by atoms with Gasteiger partial charge in [-0.1, -0.05) is 0 Å². The Bertz CT molecular complexity index is 994. The molecule has 30 heavy (non-hydrogen) atoms. The van der Waals surface area contributed by atoms with E-state index in [0.717, 1.165) is 6.07 Å². The summed E-state index contributed by atoms with van der Waals surface area (Å²) in [5, 5.41) is 11.1. The molecule has 2 heterocycles. The minimum atomic E-state index is -1.00. The largest absolute Gasteiger partial charge is 0.336 e. The first-order valence-electron chi connectivity index (χ1n) is 9.50. The highest BCUT2D eigenvalue weighted by atomic mass is 19.1. The lowest BCUT2D eigenvalue weighted by molar-refractivity contribution is 0.0591. The van der Waals surface area contributed by atoms with Crippen molar-refractivity contribution in [2.45, 2.75) is 19.9 Å². The molecule has 1 aromatic carbocycles. The number of carbonyl (C=O) groups excluding carboxylic acids is 2. The zero-order valence-electron chi connectivity index (χ0n) is 16.7. The van der Waals surface area contributed by atoms with E-state index in [9.17, 15) is 18.4 Å². The van der Waals surface area contributed by atoms with E-state index in [0.29, 0.717) is 38.3 Å². The summed E-state index contributed by atoms with van der Waals surface area (Å²) >= 11 is 0. The number of pyridine rings is 1. The molecule has 9 heteroatoms. The third kappa shape index (κ3) is 4.60. The Morgan fingerprint density at radius 3 is 2.40 bits per heavy atom. The van der Waals surface area contributed by atoms with Crippen LogP contribution in [0, 0.1) is 23.0 Å². The number of piperazine rings is 1. The quantitative estimate of drug-likeness (QED) is 0.833. The van der Waals surface area contributed by atoms with Gasteiger partial charge in [0.2, 0.25) is 0 Å². The van der Waals surface area contributed by atoms with E-state index in [4.69, 9.17) is 5.26 Å². The van der Waals surface area contributed by atoms with Gasteiger partial charge in [-0.2, -0.15) is 5.26 Å². The maximum Gasteiger partial charge on any atom is 0.274 e. The Labute approximate surface area is 172 Å². The van der Waals surface area contributed by atoms with E-state index in [2.05, 4.69) is 29.0 Å². The van der Waals surface area contributed by atoms with Crippen LogP contribution in [0.15, 0.2) is 30.5 Å². The third-order valence-corrected chi connectivity index (χ3v) is 4.99. The van der Waals surface area contributed by atoms with E-state index in [1.54, 1.807) is 0 Å². The van der Waals surface area contributed by atoms with Crippen molar-refractivity contribution in [3.05, 3.63) is 58.9 Å². The van der Waals surface area contributed by atoms with Crippen molar-refractivity contribution in [3.63, 3.8) is 0 Å². The van der Waals surface area contributed by atoms with Gasteiger partial charge in [0, 0.05) is 44.5 Å². The average Bonchev–Trinajstić information content (AvgIpc) is 2.75. The van der Waals surface area contributed by atoms with E-state index >= 15 is 0 Å². The number of aromatic nitrogens is 1. The summed E-state index contributed by atoms with van der Waals surface area (Å²) in [4.78, 5) is 32.7. The lowest BCUT2D eigenvalue weighted by Gasteiger charge is -2.37. The van der Waals surface area contributed by atoms with Gasteiger partial charge in [-0.05, 0) is 32.0 Å². The predicted molar refractivity (Wildman–Crippen MR) is 106 cm³/mol. The molecule has 7 nitrogen and oxygen atoms in total. The Morgan fingerprint density at radius 2 is 1.83 bits per heavy atom. The zero-order valence-corrected chi connectivity index (χ0v) is 16.7. The van der Waals surface area contributed by atoms with Crippen molar-refractivity contribution in [3.8, 4) is 6.07 Å². The minimum absolute atomic E-state index is 0.0459. The fourth-order valence-electron chi connectivity index (χ4n) is 3.20. The Hall–Kier alpha value is -3.38. The lowest BCUT2D eigenvalue weighted by Crippen LogP contribution is -2.50. The standard InChI is InChI=1S/C21H21F2N5O2/c1-13(2)27-5-7-28(8-6-27)21(30)15-9-19(17(23)10-16(15)22)26-20(29)18-4-3-14(11-24)12-25-18/h3-4,9-10,12-13H,5-8H2,1-2H3,(H,26,29). The van der Waals surface area contributed by atoms with Gasteiger partial charge in [0.1, 0.15) is 23.4 Å². The molecule has 1 aliphatic rings. The first kappa shape index (κ1) is 21.3. The van der Waals surface area contributed by atoms with Crippen LogP contribution in [0.2, 0.25) is 0 Å². The first-order chi connectivity index (χ1) is 14.3. The molecule has 3 rings (SSSR count). The number of benzene rings is 1. The van der Waals surface area contributed by atoms with Crippen LogP contribution in [0.5, 0.6) is 0 Å². The molecule has 0 aliphatic carbocycles. The number of hydrogen-bond donors (Lipinski definition) is 1. The summed E-state index contributed by atoms with van der Waals surface area (Å²) in [7, 11) is 0. The van der Waals surface area contributed by atoms with Gasteiger partial charge in [0.25, 0.3) is 11.8 Å². The Kier molecular flexibility index (Phi) is 6.37. The van der Waals surface area contributed by atoms with Crippen molar-refractivity contribution in [1.29, 1.82) is 5.26 Å². The summed E-state index contributed by atoms with van der Waals surface area (Å²) < 4.78 is 28.6. The number of halogens is 2. The fraction of sp³-hybridized carbons (Fsp3) is 0.333. The molecule has 2 amide bonds. The summed E-state index contributed by atoms with van der Waals surface area (Å²) in [5.74, 6) is -3.29. The lowest BCUT2D eigenvalue weighted by atomic mass is 10.1. The van der Waals surface area contributed by atoms with E-state index in [-0.39, 0.29) is 22.5 Å². The third-order valence-electron chi connectivity index (χ3n) is 4.99. The van der Waals surface area contributed by atoms with Crippen LogP contribution in [0.25, 0.3) is 0 Å². The molecular weight excluding hydrogens is 392 g/mol. The number of hydrogen-bond acceptors (Lipinski definition) is 5. The van der Waals surface area contributed by atoms with Gasteiger partial charge in [0.05, 0.1) is 16.8 Å². The number of nitrogens with one attached hydrogen (secondary N) is 1. The van der Waals surface area contributed by atoms with E-state index in [1.165, 1.54) is 23.2 Å². The smallest absolute Gasteiger partial charge is 0.274 e. The average molecular weight is 413 g/mol. The van der Waals surface area contributed by atoms with Crippen LogP contribution >= 0.6 is 0 Å². The summed E-state index contributed by atoms with van der Waals surface area (Å²) in [6, 6.07) is 6.53. The Balaban J connectivity index is 1.77. The molecule has 0 radical (unpaired) electrons. The molecule has 2 aromatic rings. The highest BCUT2D eigenvalue weighted by Gasteiger charge is 2.26. The van der Waals surface area contributed by atoms with Gasteiger partial charge in [-0.25, -0.2) is 13.8 Å². The van der Waals surface area contributed by atoms with Crippen molar-refractivity contribution in [1.82, 2.24) is 14.8 Å². The molecule has 0 bridgehead atoms. The molecule has 1 saturated heterocycles. The van der Waals surface area contributed by atoms with E-state index < -0.39 is 23.4 Å². The van der Waals surface area contributed by atoms with Crippen LogP contribution in [-0.4, -0.2) is 58.8 Å². The summed E-state index contributed by atoms with van der Waals surface area (Å²) in [6.45, 7) is 6.33. The highest BCUT2D eigenvalue weighted by Crippen LogP contribution is 2.22. The second-order valence-electron chi connectivity index (χ2n) is 7.23. The maximum atomic E-state index is 14.3. The second-order valence-corrected chi connectivity index (χ2v) is 7.23. The number of anilines is 1. The SMILES string of the molecule is CC(C)N1CCN(C(=O)c2cc(NC(=O)c3ccc(C#N)cn3)c(F)cc2F)CC1. The molecule has 0 spiro atoms. The van der Waals surface area contributed by atoms with Crippen LogP contribution in [0.3, 0.4) is 0 Å². The molecule has 1 aromatic heterocycles. The molecule has 1 fully saturated rings. The molecule has 0 unspecified atom stereocenters. The van der Waals surface area contributed by atoms with Crippen LogP contribution in [0.1, 0.15) is 40.3 Å². The molecule has 0 saturated carbocycles. The molecule has 0 atom stereocenters. The van der Waals surface area contributed by atoms with Crippen LogP contribution in [-0.2, 0) is 0 Å². The molecule has 1 aliphatic heterocycles. The van der Waals surface area contributed by atoms with Crippen LogP contribution < -0.4 is 5.32 Å². The van der Waals surface area contributed by atoms with Gasteiger partial charge < -0.3 is 10.2 Å². The minimum Gasteiger partial charge on any atom is -0.336 e. The van der Waals surface area contributed by atoms with Gasteiger partial charge in [-0.15, -0.1) is 0 Å². The molecule has 156 valence electrons. The van der Waals surface area contributed by atoms with Crippen molar-refractivity contribution in [2.24, 2.45) is 0 Å². The first-order valence-corrected chi connectivity index (χ1v) is 9.50. The van der Waals surface area contributed by atoms with Gasteiger partial charge >= 0.3 is 0 Å². The van der Waals surface area contributed by atoms with Crippen LogP contribution in [0.4, 0.5) is 14.5 Å². The molecular formula is C21H21F2N5O2. The monoisotopic (exact) mass is 413 g/mol. The Morgan fingerprint density at radius 1 is 1.13 bits per heavy atom. The maximum absolute atomic E-state index is 14.3. The van der Waals surface area contributed by atoms with Crippen molar-refractivity contribution < 1.29 is 18.4 Å². The zero-order chi connectivity index (χ0) is 21.8. The topological polar surface area (TPSA) is 89.3 Å². The highest BCUT2D eigenvalue weighted by molar-refractivity contribution is 6.04. The predicted octanol–water partition coefficient (Wildman–Crippen LogP) is 2.65.